The van der Waals surface area contributed by atoms with Crippen LogP contribution in [0.4, 0.5) is 14.5 Å². The number of carbonyl (C=O) groups excluding carboxylic acids is 2. The van der Waals surface area contributed by atoms with E-state index in [9.17, 15) is 18.4 Å². The molecule has 0 aliphatic rings. The molecule has 0 saturated heterocycles. The number of benzene rings is 1. The molecule has 1 atom stereocenters. The van der Waals surface area contributed by atoms with Crippen LogP contribution < -0.4 is 5.32 Å². The van der Waals surface area contributed by atoms with Crippen molar-refractivity contribution in [2.45, 2.75) is 33.4 Å². The molecule has 0 aliphatic heterocycles. The zero-order chi connectivity index (χ0) is 21.1. The number of esters is 1. The molecule has 1 amide bonds. The summed E-state index contributed by atoms with van der Waals surface area (Å²) in [6.45, 7) is 5.74. The predicted molar refractivity (Wildman–Crippen MR) is 107 cm³/mol. The Hall–Kier alpha value is -3.00. The molecule has 29 heavy (non-hydrogen) atoms. The number of nitrogens with one attached hydrogen (secondary N) is 1. The lowest BCUT2D eigenvalue weighted by Gasteiger charge is -2.14. The highest BCUT2D eigenvalue weighted by Gasteiger charge is 2.23. The molecule has 1 aromatic carbocycles. The molecular formula is C21H20F2N2O3S. The third-order valence-corrected chi connectivity index (χ3v) is 5.39. The quantitative estimate of drug-likeness (QED) is 0.592. The number of nitrogens with zero attached hydrogens (tertiary/aromatic N) is 1. The monoisotopic (exact) mass is 418 g/mol. The average Bonchev–Trinajstić information content (AvgIpc) is 3.27. The Morgan fingerprint density at radius 1 is 1.21 bits per heavy atom. The minimum Gasteiger partial charge on any atom is -0.449 e. The van der Waals surface area contributed by atoms with E-state index >= 15 is 0 Å². The van der Waals surface area contributed by atoms with E-state index in [-0.39, 0.29) is 5.69 Å². The highest BCUT2D eigenvalue weighted by molar-refractivity contribution is 7.09. The van der Waals surface area contributed by atoms with Crippen molar-refractivity contribution in [3.63, 3.8) is 0 Å². The van der Waals surface area contributed by atoms with Crippen LogP contribution in [-0.2, 0) is 16.1 Å². The van der Waals surface area contributed by atoms with Gasteiger partial charge in [0, 0.05) is 22.3 Å². The second-order valence-electron chi connectivity index (χ2n) is 6.61. The molecule has 8 heteroatoms. The smallest absolute Gasteiger partial charge is 0.340 e. The summed E-state index contributed by atoms with van der Waals surface area (Å²) in [5.74, 6) is -3.01. The lowest BCUT2D eigenvalue weighted by molar-refractivity contribution is -0.123. The number of anilines is 1. The van der Waals surface area contributed by atoms with Crippen molar-refractivity contribution in [2.24, 2.45) is 0 Å². The minimum absolute atomic E-state index is 0.187. The van der Waals surface area contributed by atoms with E-state index < -0.39 is 29.6 Å². The second-order valence-corrected chi connectivity index (χ2v) is 7.64. The van der Waals surface area contributed by atoms with Gasteiger partial charge in [-0.2, -0.15) is 0 Å². The molecular weight excluding hydrogens is 398 g/mol. The fourth-order valence-electron chi connectivity index (χ4n) is 2.91. The van der Waals surface area contributed by atoms with Crippen molar-refractivity contribution in [1.82, 2.24) is 4.57 Å². The Kier molecular flexibility index (Phi) is 6.12. The largest absolute Gasteiger partial charge is 0.449 e. The summed E-state index contributed by atoms with van der Waals surface area (Å²) in [7, 11) is 0. The van der Waals surface area contributed by atoms with Gasteiger partial charge in [0.05, 0.1) is 17.8 Å². The standard InChI is InChI=1S/C21H20F2N2O3S/c1-12-9-17(13(2)25(12)11-16-5-4-8-29-16)21(27)28-14(3)20(26)24-19-7-6-15(22)10-18(19)23/h4-10,14H,11H2,1-3H3,(H,24,26)/t14-/m0/s1. The Labute approximate surface area is 170 Å². The number of aromatic nitrogens is 1. The van der Waals surface area contributed by atoms with Crippen molar-refractivity contribution in [1.29, 1.82) is 0 Å². The van der Waals surface area contributed by atoms with Gasteiger partial charge in [0.2, 0.25) is 0 Å². The molecule has 0 radical (unpaired) electrons. The van der Waals surface area contributed by atoms with Crippen molar-refractivity contribution in [3.05, 3.63) is 75.2 Å². The van der Waals surface area contributed by atoms with E-state index in [0.29, 0.717) is 18.2 Å². The molecule has 152 valence electrons. The van der Waals surface area contributed by atoms with Gasteiger partial charge in [-0.25, -0.2) is 13.6 Å². The number of aryl methyl sites for hydroxylation is 1. The number of ether oxygens (including phenoxy) is 1. The number of halogens is 2. The minimum atomic E-state index is -1.16. The van der Waals surface area contributed by atoms with Crippen LogP contribution >= 0.6 is 11.3 Å². The third kappa shape index (κ3) is 4.71. The molecule has 3 aromatic rings. The van der Waals surface area contributed by atoms with Gasteiger partial charge in [-0.3, -0.25) is 4.79 Å². The van der Waals surface area contributed by atoms with Crippen molar-refractivity contribution in [2.75, 3.05) is 5.32 Å². The predicted octanol–water partition coefficient (Wildman–Crippen LogP) is 4.68. The highest BCUT2D eigenvalue weighted by atomic mass is 32.1. The average molecular weight is 418 g/mol. The van der Waals surface area contributed by atoms with Crippen LogP contribution in [0.2, 0.25) is 0 Å². The molecule has 5 nitrogen and oxygen atoms in total. The fourth-order valence-corrected chi connectivity index (χ4v) is 3.60. The summed E-state index contributed by atoms with van der Waals surface area (Å²) in [4.78, 5) is 26.0. The first-order valence-corrected chi connectivity index (χ1v) is 9.80. The molecule has 0 aliphatic carbocycles. The van der Waals surface area contributed by atoms with Gasteiger partial charge in [-0.15, -0.1) is 11.3 Å². The van der Waals surface area contributed by atoms with E-state index in [2.05, 4.69) is 5.32 Å². The molecule has 3 rings (SSSR count). The molecule has 0 bridgehead atoms. The number of amides is 1. The van der Waals surface area contributed by atoms with Crippen LogP contribution in [0.15, 0.2) is 41.8 Å². The topological polar surface area (TPSA) is 60.3 Å². The zero-order valence-corrected chi connectivity index (χ0v) is 17.0. The van der Waals surface area contributed by atoms with Gasteiger partial charge in [-0.05, 0) is 50.4 Å². The maximum absolute atomic E-state index is 13.7. The van der Waals surface area contributed by atoms with Crippen LogP contribution in [0.25, 0.3) is 0 Å². The number of thiophene rings is 1. The fraction of sp³-hybridized carbons (Fsp3) is 0.238. The lowest BCUT2D eigenvalue weighted by atomic mass is 10.2. The number of rotatable bonds is 6. The highest BCUT2D eigenvalue weighted by Crippen LogP contribution is 2.21. The van der Waals surface area contributed by atoms with Crippen LogP contribution in [0.3, 0.4) is 0 Å². The van der Waals surface area contributed by atoms with E-state index in [1.54, 1.807) is 17.4 Å². The van der Waals surface area contributed by atoms with Gasteiger partial charge in [0.1, 0.15) is 11.6 Å². The molecule has 2 aromatic heterocycles. The SMILES string of the molecule is Cc1cc(C(=O)O[C@@H](C)C(=O)Nc2ccc(F)cc2F)c(C)n1Cc1cccs1. The summed E-state index contributed by atoms with van der Waals surface area (Å²) < 4.78 is 33.9. The first-order valence-electron chi connectivity index (χ1n) is 8.92. The van der Waals surface area contributed by atoms with E-state index in [1.807, 2.05) is 35.9 Å². The molecule has 0 saturated carbocycles. The van der Waals surface area contributed by atoms with Crippen molar-refractivity contribution < 1.29 is 23.1 Å². The lowest BCUT2D eigenvalue weighted by Crippen LogP contribution is -2.30. The molecule has 0 unspecified atom stereocenters. The van der Waals surface area contributed by atoms with Crippen LogP contribution in [0.5, 0.6) is 0 Å². The van der Waals surface area contributed by atoms with Crippen LogP contribution in [0.1, 0.15) is 33.5 Å². The molecule has 1 N–H and O–H groups in total. The van der Waals surface area contributed by atoms with Crippen LogP contribution in [-0.4, -0.2) is 22.5 Å². The van der Waals surface area contributed by atoms with Crippen LogP contribution in [0, 0.1) is 25.5 Å². The summed E-state index contributed by atoms with van der Waals surface area (Å²) in [6, 6.07) is 8.49. The zero-order valence-electron chi connectivity index (χ0n) is 16.2. The maximum Gasteiger partial charge on any atom is 0.340 e. The van der Waals surface area contributed by atoms with Crippen molar-refractivity contribution >= 4 is 28.9 Å². The Morgan fingerprint density at radius 2 is 1.97 bits per heavy atom. The van der Waals surface area contributed by atoms with Gasteiger partial charge >= 0.3 is 5.97 Å². The van der Waals surface area contributed by atoms with E-state index in [0.717, 1.165) is 28.4 Å². The molecule has 0 spiro atoms. The number of carbonyl (C=O) groups is 2. The first-order chi connectivity index (χ1) is 13.8. The van der Waals surface area contributed by atoms with Gasteiger partial charge in [0.15, 0.2) is 6.10 Å². The number of hydrogen-bond acceptors (Lipinski definition) is 4. The molecule has 2 heterocycles. The van der Waals surface area contributed by atoms with E-state index in [1.165, 1.54) is 6.92 Å². The normalized spacial score (nSPS) is 11.9. The summed E-state index contributed by atoms with van der Waals surface area (Å²) in [6.07, 6.45) is -1.16. The third-order valence-electron chi connectivity index (χ3n) is 4.53. The second kappa shape index (κ2) is 8.57. The van der Waals surface area contributed by atoms with Gasteiger partial charge in [-0.1, -0.05) is 6.07 Å². The summed E-state index contributed by atoms with van der Waals surface area (Å²) in [5, 5.41) is 4.28. The van der Waals surface area contributed by atoms with Gasteiger partial charge in [0.25, 0.3) is 5.91 Å². The van der Waals surface area contributed by atoms with Crippen molar-refractivity contribution in [3.8, 4) is 0 Å². The Morgan fingerprint density at radius 3 is 2.62 bits per heavy atom. The first kappa shape index (κ1) is 20.7. The summed E-state index contributed by atoms with van der Waals surface area (Å²) >= 11 is 1.63. The molecule has 0 fully saturated rings. The summed E-state index contributed by atoms with van der Waals surface area (Å²) in [5.41, 5.74) is 1.81. The van der Waals surface area contributed by atoms with Gasteiger partial charge < -0.3 is 14.6 Å². The Bertz CT molecular complexity index is 1040. The number of hydrogen-bond donors (Lipinski definition) is 1. The maximum atomic E-state index is 13.7. The van der Waals surface area contributed by atoms with E-state index in [4.69, 9.17) is 4.74 Å². The Balaban J connectivity index is 1.68.